The van der Waals surface area contributed by atoms with Gasteiger partial charge in [-0.3, -0.25) is 0 Å². The molecule has 0 amide bonds. The van der Waals surface area contributed by atoms with E-state index < -0.39 is 0 Å². The molecule has 0 saturated heterocycles. The Hall–Kier alpha value is -0.780. The largest absolute Gasteiger partial charge is 0.440 e. The van der Waals surface area contributed by atoms with Crippen molar-refractivity contribution in [1.82, 2.24) is 4.98 Å². The van der Waals surface area contributed by atoms with Crippen LogP contribution < -0.4 is 0 Å². The van der Waals surface area contributed by atoms with Crippen LogP contribution in [0.2, 0.25) is 0 Å². The zero-order valence-corrected chi connectivity index (χ0v) is 13.1. The van der Waals surface area contributed by atoms with E-state index >= 15 is 0 Å². The molecule has 1 aromatic carbocycles. The molecule has 1 aromatic heterocycles. The van der Waals surface area contributed by atoms with Gasteiger partial charge in [-0.1, -0.05) is 41.1 Å². The highest BCUT2D eigenvalue weighted by atomic mass is 79.9. The van der Waals surface area contributed by atoms with Crippen LogP contribution in [0.15, 0.2) is 39.4 Å². The van der Waals surface area contributed by atoms with Crippen molar-refractivity contribution in [2.24, 2.45) is 5.92 Å². The van der Waals surface area contributed by atoms with Crippen LogP contribution in [0.25, 0.3) is 11.3 Å². The van der Waals surface area contributed by atoms with Crippen LogP contribution in [0, 0.1) is 5.92 Å². The maximum atomic E-state index is 8.96. The lowest BCUT2D eigenvalue weighted by atomic mass is 10.2. The van der Waals surface area contributed by atoms with E-state index in [1.807, 2.05) is 31.2 Å². The Morgan fingerprint density at radius 1 is 1.42 bits per heavy atom. The van der Waals surface area contributed by atoms with E-state index in [4.69, 9.17) is 9.52 Å². The fraction of sp³-hybridized carbons (Fsp3) is 0.357. The number of thioether (sulfide) groups is 1. The zero-order valence-electron chi connectivity index (χ0n) is 10.7. The summed E-state index contributed by atoms with van der Waals surface area (Å²) in [5.74, 6) is 3.44. The summed E-state index contributed by atoms with van der Waals surface area (Å²) in [6, 6.07) is 7.92. The van der Waals surface area contributed by atoms with E-state index in [1.54, 1.807) is 18.0 Å². The highest BCUT2D eigenvalue weighted by molar-refractivity contribution is 9.10. The van der Waals surface area contributed by atoms with Crippen molar-refractivity contribution < 1.29 is 9.52 Å². The SMILES string of the molecule is CC(CO)CSCc1ncc(-c2ccccc2Br)o1. The molecular formula is C14H16BrNO2S. The van der Waals surface area contributed by atoms with Crippen molar-refractivity contribution in [1.29, 1.82) is 0 Å². The van der Waals surface area contributed by atoms with Gasteiger partial charge in [-0.15, -0.1) is 0 Å². The monoisotopic (exact) mass is 341 g/mol. The number of benzene rings is 1. The smallest absolute Gasteiger partial charge is 0.204 e. The minimum atomic E-state index is 0.223. The molecule has 1 unspecified atom stereocenters. The van der Waals surface area contributed by atoms with Gasteiger partial charge in [0.2, 0.25) is 5.89 Å². The Morgan fingerprint density at radius 3 is 2.95 bits per heavy atom. The molecule has 0 spiro atoms. The second kappa shape index (κ2) is 7.12. The number of hydrogen-bond donors (Lipinski definition) is 1. The Kier molecular flexibility index (Phi) is 5.48. The number of aliphatic hydroxyl groups excluding tert-OH is 1. The van der Waals surface area contributed by atoms with E-state index in [0.717, 1.165) is 33.2 Å². The normalized spacial score (nSPS) is 12.6. The molecule has 1 atom stereocenters. The first-order valence-electron chi connectivity index (χ1n) is 6.09. The van der Waals surface area contributed by atoms with Gasteiger partial charge in [0, 0.05) is 16.6 Å². The molecule has 0 aliphatic carbocycles. The molecule has 0 aliphatic heterocycles. The predicted molar refractivity (Wildman–Crippen MR) is 82.1 cm³/mol. The zero-order chi connectivity index (χ0) is 13.7. The van der Waals surface area contributed by atoms with Crippen molar-refractivity contribution in [3.63, 3.8) is 0 Å². The molecule has 5 heteroatoms. The Bertz CT molecular complexity index is 530. The Labute approximate surface area is 125 Å². The molecule has 1 heterocycles. The van der Waals surface area contributed by atoms with Crippen molar-refractivity contribution in [3.05, 3.63) is 40.8 Å². The summed E-state index contributed by atoms with van der Waals surface area (Å²) in [6.45, 7) is 2.25. The average molecular weight is 342 g/mol. The summed E-state index contributed by atoms with van der Waals surface area (Å²) >= 11 is 5.23. The first-order valence-corrected chi connectivity index (χ1v) is 8.03. The van der Waals surface area contributed by atoms with Crippen LogP contribution in [0.4, 0.5) is 0 Å². The van der Waals surface area contributed by atoms with Gasteiger partial charge in [0.15, 0.2) is 5.76 Å². The first kappa shape index (κ1) is 14.6. The molecule has 0 fully saturated rings. The molecule has 0 aliphatic rings. The van der Waals surface area contributed by atoms with Gasteiger partial charge in [0.05, 0.1) is 11.9 Å². The third-order valence-corrected chi connectivity index (χ3v) is 4.58. The topological polar surface area (TPSA) is 46.3 Å². The van der Waals surface area contributed by atoms with Gasteiger partial charge in [0.25, 0.3) is 0 Å². The van der Waals surface area contributed by atoms with Crippen LogP contribution in [-0.4, -0.2) is 22.5 Å². The third-order valence-electron chi connectivity index (χ3n) is 2.63. The maximum absolute atomic E-state index is 8.96. The van der Waals surface area contributed by atoms with Gasteiger partial charge >= 0.3 is 0 Å². The minimum absolute atomic E-state index is 0.223. The second-order valence-corrected chi connectivity index (χ2v) is 6.29. The van der Waals surface area contributed by atoms with E-state index in [0.29, 0.717) is 5.92 Å². The number of nitrogens with zero attached hydrogens (tertiary/aromatic N) is 1. The molecule has 0 radical (unpaired) electrons. The molecule has 0 saturated carbocycles. The molecule has 102 valence electrons. The van der Waals surface area contributed by atoms with E-state index in [2.05, 4.69) is 20.9 Å². The molecule has 19 heavy (non-hydrogen) atoms. The minimum Gasteiger partial charge on any atom is -0.440 e. The lowest BCUT2D eigenvalue weighted by Gasteiger charge is -2.05. The number of rotatable bonds is 6. The Balaban J connectivity index is 1.98. The number of aliphatic hydroxyl groups is 1. The fourth-order valence-corrected chi connectivity index (χ4v) is 2.98. The second-order valence-electron chi connectivity index (χ2n) is 4.40. The van der Waals surface area contributed by atoms with E-state index in [1.165, 1.54) is 0 Å². The van der Waals surface area contributed by atoms with Crippen molar-refractivity contribution in [3.8, 4) is 11.3 Å². The number of hydrogen-bond acceptors (Lipinski definition) is 4. The number of halogens is 1. The molecule has 3 nitrogen and oxygen atoms in total. The number of aromatic nitrogens is 1. The molecule has 2 rings (SSSR count). The highest BCUT2D eigenvalue weighted by Gasteiger charge is 2.09. The summed E-state index contributed by atoms with van der Waals surface area (Å²) in [4.78, 5) is 4.29. The molecular weight excluding hydrogens is 326 g/mol. The lowest BCUT2D eigenvalue weighted by Crippen LogP contribution is -2.03. The molecule has 2 aromatic rings. The van der Waals surface area contributed by atoms with Gasteiger partial charge in [0.1, 0.15) is 0 Å². The van der Waals surface area contributed by atoms with Crippen LogP contribution in [0.1, 0.15) is 12.8 Å². The summed E-state index contributed by atoms with van der Waals surface area (Å²) in [5, 5.41) is 8.96. The van der Waals surface area contributed by atoms with Gasteiger partial charge < -0.3 is 9.52 Å². The quantitative estimate of drug-likeness (QED) is 0.863. The van der Waals surface area contributed by atoms with Gasteiger partial charge in [-0.25, -0.2) is 4.98 Å². The Morgan fingerprint density at radius 2 is 2.21 bits per heavy atom. The fourth-order valence-electron chi connectivity index (χ4n) is 1.56. The summed E-state index contributed by atoms with van der Waals surface area (Å²) < 4.78 is 6.74. The predicted octanol–water partition coefficient (Wildman–Crippen LogP) is 3.97. The summed E-state index contributed by atoms with van der Waals surface area (Å²) in [7, 11) is 0. The average Bonchev–Trinajstić information content (AvgIpc) is 2.87. The summed E-state index contributed by atoms with van der Waals surface area (Å²) in [6.07, 6.45) is 1.76. The highest BCUT2D eigenvalue weighted by Crippen LogP contribution is 2.29. The van der Waals surface area contributed by atoms with Crippen molar-refractivity contribution in [2.45, 2.75) is 12.7 Å². The molecule has 0 bridgehead atoms. The first-order chi connectivity index (χ1) is 9.20. The third kappa shape index (κ3) is 4.09. The molecule has 1 N–H and O–H groups in total. The standard InChI is InChI=1S/C14H16BrNO2S/c1-10(7-17)8-19-9-14-16-6-13(18-14)11-4-2-3-5-12(11)15/h2-6,10,17H,7-9H2,1H3. The van der Waals surface area contributed by atoms with Crippen LogP contribution in [-0.2, 0) is 5.75 Å². The maximum Gasteiger partial charge on any atom is 0.204 e. The van der Waals surface area contributed by atoms with Gasteiger partial charge in [-0.2, -0.15) is 11.8 Å². The van der Waals surface area contributed by atoms with Crippen LogP contribution in [0.5, 0.6) is 0 Å². The lowest BCUT2D eigenvalue weighted by molar-refractivity contribution is 0.250. The van der Waals surface area contributed by atoms with Crippen LogP contribution in [0.3, 0.4) is 0 Å². The van der Waals surface area contributed by atoms with E-state index in [9.17, 15) is 0 Å². The van der Waals surface area contributed by atoms with Crippen molar-refractivity contribution >= 4 is 27.7 Å². The number of oxazole rings is 1. The summed E-state index contributed by atoms with van der Waals surface area (Å²) in [5.41, 5.74) is 1.01. The van der Waals surface area contributed by atoms with Crippen LogP contribution >= 0.6 is 27.7 Å². The van der Waals surface area contributed by atoms with Gasteiger partial charge in [-0.05, 0) is 17.7 Å². The van der Waals surface area contributed by atoms with E-state index in [-0.39, 0.29) is 6.61 Å². The van der Waals surface area contributed by atoms with Crippen molar-refractivity contribution in [2.75, 3.05) is 12.4 Å².